The zero-order valence-corrected chi connectivity index (χ0v) is 11.3. The Morgan fingerprint density at radius 3 is 2.17 bits per heavy atom. The van der Waals surface area contributed by atoms with E-state index in [0.29, 0.717) is 11.8 Å². The van der Waals surface area contributed by atoms with Crippen molar-refractivity contribution in [2.45, 2.75) is 25.3 Å². The lowest BCUT2D eigenvalue weighted by molar-refractivity contribution is 0.340. The molecule has 1 saturated heterocycles. The molecule has 0 spiro atoms. The van der Waals surface area contributed by atoms with Gasteiger partial charge in [0.05, 0.1) is 21.3 Å². The number of ether oxygens (including phenoxy) is 3. The molecule has 1 aromatic rings. The van der Waals surface area contributed by atoms with Crippen molar-refractivity contribution in [3.8, 4) is 17.2 Å². The van der Waals surface area contributed by atoms with Crippen molar-refractivity contribution in [1.29, 1.82) is 0 Å². The number of rotatable bonds is 4. The molecule has 2 rings (SSSR count). The number of methoxy groups -OCH3 is 3. The average Bonchev–Trinajstić information content (AvgIpc) is 2.46. The summed E-state index contributed by atoms with van der Waals surface area (Å²) in [6, 6.07) is 4.25. The number of piperidine rings is 1. The summed E-state index contributed by atoms with van der Waals surface area (Å²) >= 11 is 0. The third kappa shape index (κ3) is 2.53. The monoisotopic (exact) mass is 251 g/mol. The van der Waals surface area contributed by atoms with Gasteiger partial charge >= 0.3 is 0 Å². The third-order valence-corrected chi connectivity index (χ3v) is 3.42. The second kappa shape index (κ2) is 5.96. The highest BCUT2D eigenvalue weighted by atomic mass is 16.5. The van der Waals surface area contributed by atoms with Gasteiger partial charge in [0, 0.05) is 17.7 Å². The van der Waals surface area contributed by atoms with Crippen molar-refractivity contribution in [1.82, 2.24) is 5.32 Å². The van der Waals surface area contributed by atoms with Crippen LogP contribution in [0.15, 0.2) is 12.1 Å². The van der Waals surface area contributed by atoms with Gasteiger partial charge in [-0.25, -0.2) is 0 Å². The van der Waals surface area contributed by atoms with Gasteiger partial charge in [-0.2, -0.15) is 0 Å². The Morgan fingerprint density at radius 2 is 1.61 bits per heavy atom. The Hall–Kier alpha value is -1.42. The van der Waals surface area contributed by atoms with E-state index in [2.05, 4.69) is 5.32 Å². The highest BCUT2D eigenvalue weighted by Gasteiger charge is 2.21. The van der Waals surface area contributed by atoms with Gasteiger partial charge in [-0.05, 0) is 25.5 Å². The lowest BCUT2D eigenvalue weighted by atomic mass is 9.96. The van der Waals surface area contributed by atoms with Gasteiger partial charge < -0.3 is 19.5 Å². The molecule has 1 N–H and O–H groups in total. The van der Waals surface area contributed by atoms with E-state index >= 15 is 0 Å². The molecule has 18 heavy (non-hydrogen) atoms. The third-order valence-electron chi connectivity index (χ3n) is 3.42. The van der Waals surface area contributed by atoms with Crippen molar-refractivity contribution in [2.75, 3.05) is 27.9 Å². The van der Waals surface area contributed by atoms with Gasteiger partial charge in [0.1, 0.15) is 5.75 Å². The zero-order chi connectivity index (χ0) is 13.0. The van der Waals surface area contributed by atoms with Crippen molar-refractivity contribution in [3.63, 3.8) is 0 Å². The van der Waals surface area contributed by atoms with Crippen LogP contribution in [0.25, 0.3) is 0 Å². The minimum atomic E-state index is 0.341. The lowest BCUT2D eigenvalue weighted by Gasteiger charge is -2.26. The summed E-state index contributed by atoms with van der Waals surface area (Å²) in [7, 11) is 4.98. The van der Waals surface area contributed by atoms with E-state index in [1.165, 1.54) is 12.8 Å². The predicted molar refractivity (Wildman–Crippen MR) is 70.7 cm³/mol. The normalized spacial score (nSPS) is 19.4. The standard InChI is InChI=1S/C14H21NO3/c1-16-12-9-14(18-3)13(17-2)8-10(12)11-6-4-5-7-15-11/h8-9,11,15H,4-7H2,1-3H3. The second-order valence-corrected chi connectivity index (χ2v) is 4.45. The van der Waals surface area contributed by atoms with Crippen LogP contribution < -0.4 is 19.5 Å². The van der Waals surface area contributed by atoms with E-state index in [1.807, 2.05) is 12.1 Å². The Bertz CT molecular complexity index is 400. The average molecular weight is 251 g/mol. The highest BCUT2D eigenvalue weighted by Crippen LogP contribution is 2.39. The van der Waals surface area contributed by atoms with Gasteiger partial charge in [-0.1, -0.05) is 6.42 Å². The van der Waals surface area contributed by atoms with Crippen molar-refractivity contribution >= 4 is 0 Å². The van der Waals surface area contributed by atoms with Crippen molar-refractivity contribution in [2.24, 2.45) is 0 Å². The Kier molecular flexibility index (Phi) is 4.31. The molecule has 4 heteroatoms. The van der Waals surface area contributed by atoms with E-state index in [1.54, 1.807) is 21.3 Å². The quantitative estimate of drug-likeness (QED) is 0.892. The van der Waals surface area contributed by atoms with Crippen LogP contribution in [-0.2, 0) is 0 Å². The molecular weight excluding hydrogens is 230 g/mol. The van der Waals surface area contributed by atoms with Crippen LogP contribution in [0, 0.1) is 0 Å². The molecule has 4 nitrogen and oxygen atoms in total. The van der Waals surface area contributed by atoms with E-state index < -0.39 is 0 Å². The van der Waals surface area contributed by atoms with E-state index in [0.717, 1.165) is 30.0 Å². The first-order valence-corrected chi connectivity index (χ1v) is 6.33. The maximum absolute atomic E-state index is 5.46. The second-order valence-electron chi connectivity index (χ2n) is 4.45. The summed E-state index contributed by atoms with van der Waals surface area (Å²) in [5.74, 6) is 2.31. The van der Waals surface area contributed by atoms with E-state index in [-0.39, 0.29) is 0 Å². The molecule has 0 bridgehead atoms. The van der Waals surface area contributed by atoms with Crippen LogP contribution in [0.3, 0.4) is 0 Å². The fourth-order valence-electron chi connectivity index (χ4n) is 2.44. The SMILES string of the molecule is COc1cc(OC)c(C2CCCCN2)cc1OC. The summed E-state index contributed by atoms with van der Waals surface area (Å²) in [5, 5.41) is 3.52. The van der Waals surface area contributed by atoms with Gasteiger partial charge in [0.2, 0.25) is 0 Å². The molecule has 1 heterocycles. The van der Waals surface area contributed by atoms with Gasteiger partial charge in [0.15, 0.2) is 11.5 Å². The number of hydrogen-bond acceptors (Lipinski definition) is 4. The molecule has 0 aliphatic carbocycles. The number of nitrogens with one attached hydrogen (secondary N) is 1. The molecule has 1 aromatic carbocycles. The molecule has 1 aliphatic rings. The van der Waals surface area contributed by atoms with Crippen molar-refractivity contribution in [3.05, 3.63) is 17.7 Å². The Morgan fingerprint density at radius 1 is 0.944 bits per heavy atom. The minimum Gasteiger partial charge on any atom is -0.496 e. The molecule has 0 aromatic heterocycles. The van der Waals surface area contributed by atoms with Gasteiger partial charge in [-0.3, -0.25) is 0 Å². The summed E-state index contributed by atoms with van der Waals surface area (Å²) in [5.41, 5.74) is 1.15. The smallest absolute Gasteiger partial charge is 0.164 e. The molecule has 0 amide bonds. The molecule has 100 valence electrons. The molecular formula is C14H21NO3. The van der Waals surface area contributed by atoms with E-state index in [4.69, 9.17) is 14.2 Å². The topological polar surface area (TPSA) is 39.7 Å². The van der Waals surface area contributed by atoms with Crippen LogP contribution >= 0.6 is 0 Å². The van der Waals surface area contributed by atoms with Crippen LogP contribution in [0.5, 0.6) is 17.2 Å². The molecule has 1 atom stereocenters. The molecule has 0 radical (unpaired) electrons. The van der Waals surface area contributed by atoms with Gasteiger partial charge in [-0.15, -0.1) is 0 Å². The van der Waals surface area contributed by atoms with Gasteiger partial charge in [0.25, 0.3) is 0 Å². The minimum absolute atomic E-state index is 0.341. The number of benzene rings is 1. The Balaban J connectivity index is 2.37. The Labute approximate surface area is 108 Å². The summed E-state index contributed by atoms with van der Waals surface area (Å²) in [6.07, 6.45) is 3.62. The van der Waals surface area contributed by atoms with Crippen LogP contribution in [0.2, 0.25) is 0 Å². The first kappa shape index (κ1) is 13.0. The zero-order valence-electron chi connectivity index (χ0n) is 11.3. The predicted octanol–water partition coefficient (Wildman–Crippen LogP) is 2.53. The van der Waals surface area contributed by atoms with Crippen LogP contribution in [-0.4, -0.2) is 27.9 Å². The molecule has 1 unspecified atom stereocenters. The highest BCUT2D eigenvalue weighted by molar-refractivity contribution is 5.51. The largest absolute Gasteiger partial charge is 0.496 e. The lowest BCUT2D eigenvalue weighted by Crippen LogP contribution is -2.27. The summed E-state index contributed by atoms with van der Waals surface area (Å²) < 4.78 is 16.1. The molecule has 1 aliphatic heterocycles. The van der Waals surface area contributed by atoms with Crippen molar-refractivity contribution < 1.29 is 14.2 Å². The fourth-order valence-corrected chi connectivity index (χ4v) is 2.44. The summed E-state index contributed by atoms with van der Waals surface area (Å²) in [4.78, 5) is 0. The molecule has 0 saturated carbocycles. The van der Waals surface area contributed by atoms with Crippen LogP contribution in [0.4, 0.5) is 0 Å². The first-order valence-electron chi connectivity index (χ1n) is 6.33. The molecule has 1 fully saturated rings. The first-order chi connectivity index (χ1) is 8.80. The summed E-state index contributed by atoms with van der Waals surface area (Å²) in [6.45, 7) is 1.06. The fraction of sp³-hybridized carbons (Fsp3) is 0.571. The maximum atomic E-state index is 5.46. The van der Waals surface area contributed by atoms with Crippen LogP contribution in [0.1, 0.15) is 30.9 Å². The van der Waals surface area contributed by atoms with E-state index in [9.17, 15) is 0 Å². The number of hydrogen-bond donors (Lipinski definition) is 1. The maximum Gasteiger partial charge on any atom is 0.164 e.